The molecule has 0 aliphatic rings. The van der Waals surface area contributed by atoms with E-state index in [1.54, 1.807) is 0 Å². The van der Waals surface area contributed by atoms with E-state index < -0.39 is 17.6 Å². The van der Waals surface area contributed by atoms with Crippen molar-refractivity contribution in [1.82, 2.24) is 19.6 Å². The van der Waals surface area contributed by atoms with Gasteiger partial charge in [-0.1, -0.05) is 11.3 Å². The van der Waals surface area contributed by atoms with Crippen LogP contribution >= 0.6 is 11.3 Å². The number of aromatic nitrogens is 4. The van der Waals surface area contributed by atoms with Gasteiger partial charge in [-0.15, -0.1) is 5.10 Å². The normalized spacial score (nSPS) is 12.0. The van der Waals surface area contributed by atoms with Crippen LogP contribution in [0.3, 0.4) is 0 Å². The van der Waals surface area contributed by atoms with Gasteiger partial charge in [0.15, 0.2) is 0 Å². The number of alkyl halides is 3. The second-order valence-corrected chi connectivity index (χ2v) is 5.92. The maximum absolute atomic E-state index is 13.0. The number of nitrogen functional groups attached to an aromatic ring is 1. The average Bonchev–Trinajstić information content (AvgIpc) is 3.07. The number of fused-ring (bicyclic) bond motifs is 1. The molecule has 7 nitrogen and oxygen atoms in total. The molecule has 3 aromatic heterocycles. The first kappa shape index (κ1) is 16.5. The molecule has 3 aromatic rings. The average molecular weight is 357 g/mol. The smallest absolute Gasteiger partial charge is 0.383 e. The van der Waals surface area contributed by atoms with Crippen molar-refractivity contribution in [2.75, 3.05) is 24.1 Å². The minimum atomic E-state index is -4.58. The Kier molecular flexibility index (Phi) is 4.28. The van der Waals surface area contributed by atoms with Gasteiger partial charge in [0.1, 0.15) is 5.82 Å². The molecule has 11 heteroatoms. The molecule has 0 saturated carbocycles. The van der Waals surface area contributed by atoms with Crippen LogP contribution in [0.25, 0.3) is 16.2 Å². The molecule has 0 aliphatic heterocycles. The maximum Gasteiger partial charge on any atom is 0.419 e. The molecule has 128 valence electrons. The molecule has 0 saturated heterocycles. The first-order chi connectivity index (χ1) is 11.4. The molecule has 0 atom stereocenters. The second-order valence-electron chi connectivity index (χ2n) is 4.97. The van der Waals surface area contributed by atoms with E-state index in [4.69, 9.17) is 11.5 Å². The Bertz CT molecular complexity index is 855. The molecular formula is C13H14F3N7S. The van der Waals surface area contributed by atoms with E-state index in [9.17, 15) is 13.2 Å². The van der Waals surface area contributed by atoms with E-state index in [1.165, 1.54) is 28.2 Å². The van der Waals surface area contributed by atoms with Crippen molar-refractivity contribution in [2.24, 2.45) is 5.73 Å². The van der Waals surface area contributed by atoms with Gasteiger partial charge in [-0.3, -0.25) is 0 Å². The first-order valence-corrected chi connectivity index (χ1v) is 7.83. The van der Waals surface area contributed by atoms with Crippen molar-refractivity contribution < 1.29 is 13.2 Å². The number of nitrogens with zero attached hydrogens (tertiary/aromatic N) is 4. The summed E-state index contributed by atoms with van der Waals surface area (Å²) in [4.78, 5) is 8.37. The van der Waals surface area contributed by atoms with Crippen LogP contribution in [0.2, 0.25) is 0 Å². The lowest BCUT2D eigenvalue weighted by molar-refractivity contribution is -0.137. The largest absolute Gasteiger partial charge is 0.419 e. The van der Waals surface area contributed by atoms with Crippen LogP contribution in [0, 0.1) is 0 Å². The number of nitrogens with one attached hydrogen (secondary N) is 1. The van der Waals surface area contributed by atoms with Crippen LogP contribution in [0.15, 0.2) is 18.5 Å². The number of halogens is 3. The van der Waals surface area contributed by atoms with Crippen LogP contribution < -0.4 is 16.8 Å². The lowest BCUT2D eigenvalue weighted by Crippen LogP contribution is -2.10. The highest BCUT2D eigenvalue weighted by molar-refractivity contribution is 7.20. The van der Waals surface area contributed by atoms with Crippen molar-refractivity contribution in [3.63, 3.8) is 0 Å². The van der Waals surface area contributed by atoms with Gasteiger partial charge in [0.05, 0.1) is 17.5 Å². The lowest BCUT2D eigenvalue weighted by atomic mass is 10.1. The third-order valence-corrected chi connectivity index (χ3v) is 4.14. The molecule has 0 fully saturated rings. The molecule has 0 unspecified atom stereocenters. The monoisotopic (exact) mass is 357 g/mol. The summed E-state index contributed by atoms with van der Waals surface area (Å²) in [6.07, 6.45) is -1.07. The third kappa shape index (κ3) is 3.12. The van der Waals surface area contributed by atoms with Crippen molar-refractivity contribution in [2.45, 2.75) is 12.6 Å². The Morgan fingerprint density at radius 3 is 2.75 bits per heavy atom. The fourth-order valence-corrected chi connectivity index (χ4v) is 2.90. The van der Waals surface area contributed by atoms with Crippen LogP contribution in [-0.2, 0) is 6.18 Å². The summed E-state index contributed by atoms with van der Waals surface area (Å²) in [5, 5.41) is 8.03. The highest BCUT2D eigenvalue weighted by Gasteiger charge is 2.34. The molecule has 0 amide bonds. The number of hydrogen-bond acceptors (Lipinski definition) is 7. The van der Waals surface area contributed by atoms with Crippen molar-refractivity contribution >= 4 is 27.2 Å². The topological polar surface area (TPSA) is 107 Å². The Hall–Kier alpha value is -2.40. The van der Waals surface area contributed by atoms with Crippen LogP contribution in [0.4, 0.5) is 24.1 Å². The van der Waals surface area contributed by atoms with E-state index in [2.05, 4.69) is 20.4 Å². The fraction of sp³-hybridized carbons (Fsp3) is 0.308. The van der Waals surface area contributed by atoms with Gasteiger partial charge < -0.3 is 16.8 Å². The minimum absolute atomic E-state index is 0.239. The standard InChI is InChI=1S/C13H14F3N7S/c14-13(15,16)8-4-7(5-20-10(8)18)9-6-21-12-23(9)22-11(24-12)19-3-1-2-17/h4-6H,1-3,17H2,(H2,18,20)(H,19,22). The summed E-state index contributed by atoms with van der Waals surface area (Å²) in [5.41, 5.74) is 10.4. The SMILES string of the molecule is NCCCNc1nn2c(-c3cnc(N)c(C(F)(F)F)c3)cnc2s1. The van der Waals surface area contributed by atoms with Crippen LogP contribution in [-0.4, -0.2) is 32.7 Å². The summed E-state index contributed by atoms with van der Waals surface area (Å²) in [7, 11) is 0. The number of imidazole rings is 1. The zero-order valence-electron chi connectivity index (χ0n) is 12.3. The molecule has 3 rings (SSSR count). The van der Waals surface area contributed by atoms with E-state index in [0.717, 1.165) is 12.5 Å². The Labute approximate surface area is 138 Å². The third-order valence-electron chi connectivity index (χ3n) is 3.26. The molecule has 0 radical (unpaired) electrons. The minimum Gasteiger partial charge on any atom is -0.383 e. The molecule has 0 aromatic carbocycles. The zero-order chi connectivity index (χ0) is 17.3. The Balaban J connectivity index is 1.97. The number of pyridine rings is 1. The zero-order valence-corrected chi connectivity index (χ0v) is 13.2. The van der Waals surface area contributed by atoms with Crippen molar-refractivity contribution in [1.29, 1.82) is 0 Å². The van der Waals surface area contributed by atoms with Gasteiger partial charge in [0, 0.05) is 18.3 Å². The number of anilines is 2. The Morgan fingerprint density at radius 2 is 2.04 bits per heavy atom. The maximum atomic E-state index is 13.0. The van der Waals surface area contributed by atoms with Crippen LogP contribution in [0.5, 0.6) is 0 Å². The lowest BCUT2D eigenvalue weighted by Gasteiger charge is -2.10. The van der Waals surface area contributed by atoms with Gasteiger partial charge in [0.25, 0.3) is 0 Å². The molecule has 0 bridgehead atoms. The van der Waals surface area contributed by atoms with Gasteiger partial charge in [0.2, 0.25) is 10.1 Å². The summed E-state index contributed by atoms with van der Waals surface area (Å²) in [6.45, 7) is 1.21. The predicted molar refractivity (Wildman–Crippen MR) is 85.7 cm³/mol. The summed E-state index contributed by atoms with van der Waals surface area (Å²) >= 11 is 1.30. The predicted octanol–water partition coefficient (Wildman–Crippen LogP) is 2.21. The number of rotatable bonds is 5. The highest BCUT2D eigenvalue weighted by atomic mass is 32.1. The van der Waals surface area contributed by atoms with Gasteiger partial charge in [-0.2, -0.15) is 13.2 Å². The molecule has 3 heterocycles. The van der Waals surface area contributed by atoms with Gasteiger partial charge in [-0.05, 0) is 19.0 Å². The summed E-state index contributed by atoms with van der Waals surface area (Å²) < 4.78 is 40.4. The number of nitrogens with two attached hydrogens (primary N) is 2. The van der Waals surface area contributed by atoms with Gasteiger partial charge >= 0.3 is 6.18 Å². The molecule has 0 aliphatic carbocycles. The second kappa shape index (κ2) is 6.24. The van der Waals surface area contributed by atoms with E-state index in [-0.39, 0.29) is 5.56 Å². The molecular weight excluding hydrogens is 343 g/mol. The van der Waals surface area contributed by atoms with Gasteiger partial charge in [-0.25, -0.2) is 14.5 Å². The number of hydrogen-bond donors (Lipinski definition) is 3. The molecule has 5 N–H and O–H groups in total. The molecule has 0 spiro atoms. The highest BCUT2D eigenvalue weighted by Crippen LogP contribution is 2.35. The van der Waals surface area contributed by atoms with Crippen LogP contribution in [0.1, 0.15) is 12.0 Å². The van der Waals surface area contributed by atoms with E-state index >= 15 is 0 Å². The first-order valence-electron chi connectivity index (χ1n) is 7.01. The quantitative estimate of drug-likeness (QED) is 0.605. The Morgan fingerprint density at radius 1 is 1.25 bits per heavy atom. The summed E-state index contributed by atoms with van der Waals surface area (Å²) in [5.74, 6) is -0.561. The molecule has 24 heavy (non-hydrogen) atoms. The van der Waals surface area contributed by atoms with E-state index in [1.807, 2.05) is 0 Å². The summed E-state index contributed by atoms with van der Waals surface area (Å²) in [6, 6.07) is 0.951. The van der Waals surface area contributed by atoms with Crippen molar-refractivity contribution in [3.8, 4) is 11.3 Å². The fourth-order valence-electron chi connectivity index (χ4n) is 2.10. The van der Waals surface area contributed by atoms with Crippen molar-refractivity contribution in [3.05, 3.63) is 24.0 Å². The van der Waals surface area contributed by atoms with E-state index in [0.29, 0.717) is 28.9 Å².